The number of alkyl halides is 2. The molecule has 0 aromatic heterocycles. The van der Waals surface area contributed by atoms with E-state index >= 15 is 0 Å². The number of amides is 3. The summed E-state index contributed by atoms with van der Waals surface area (Å²) < 4.78 is 41.5. The standard InChI is InChI=1S/C20H20F3N3O2/c21-15-7-5-6-14(12-15)20(22,23)13-24-19(28)25-17-9-2-1-8-16(17)18(27)26-10-3-4-11-26/h1-2,5-9,12H,3-4,10-11,13H2,(H2,24,25,28). The number of benzene rings is 2. The van der Waals surface area contributed by atoms with E-state index < -0.39 is 29.9 Å². The van der Waals surface area contributed by atoms with Gasteiger partial charge in [0.2, 0.25) is 0 Å². The van der Waals surface area contributed by atoms with Gasteiger partial charge < -0.3 is 15.5 Å². The predicted molar refractivity (Wildman–Crippen MR) is 98.9 cm³/mol. The summed E-state index contributed by atoms with van der Waals surface area (Å²) in [5.41, 5.74) is 0.0137. The predicted octanol–water partition coefficient (Wildman–Crippen LogP) is 3.98. The minimum Gasteiger partial charge on any atom is -0.339 e. The smallest absolute Gasteiger partial charge is 0.319 e. The maximum Gasteiger partial charge on any atom is 0.319 e. The Hall–Kier alpha value is -3.03. The SMILES string of the molecule is O=C(NCC(F)(F)c1cccc(F)c1)Nc1ccccc1C(=O)N1CCCC1. The number of nitrogens with zero attached hydrogens (tertiary/aromatic N) is 1. The van der Waals surface area contributed by atoms with E-state index in [1.165, 1.54) is 12.1 Å². The van der Waals surface area contributed by atoms with E-state index in [1.54, 1.807) is 23.1 Å². The highest BCUT2D eigenvalue weighted by Crippen LogP contribution is 2.27. The van der Waals surface area contributed by atoms with Gasteiger partial charge >= 0.3 is 6.03 Å². The van der Waals surface area contributed by atoms with Crippen LogP contribution in [0.4, 0.5) is 23.7 Å². The van der Waals surface area contributed by atoms with Crippen LogP contribution in [0, 0.1) is 5.82 Å². The lowest BCUT2D eigenvalue weighted by Crippen LogP contribution is -2.38. The molecule has 0 saturated carbocycles. The second-order valence-corrected chi connectivity index (χ2v) is 6.57. The van der Waals surface area contributed by atoms with Gasteiger partial charge in [-0.3, -0.25) is 4.79 Å². The Kier molecular flexibility index (Phi) is 5.87. The molecule has 1 saturated heterocycles. The van der Waals surface area contributed by atoms with Gasteiger partial charge in [0.15, 0.2) is 0 Å². The summed E-state index contributed by atoms with van der Waals surface area (Å²) in [4.78, 5) is 26.4. The van der Waals surface area contributed by atoms with E-state index in [-0.39, 0.29) is 11.6 Å². The van der Waals surface area contributed by atoms with Crippen LogP contribution in [-0.4, -0.2) is 36.5 Å². The first-order valence-corrected chi connectivity index (χ1v) is 8.94. The zero-order valence-electron chi connectivity index (χ0n) is 15.1. The number of urea groups is 1. The molecule has 1 fully saturated rings. The molecule has 0 atom stereocenters. The van der Waals surface area contributed by atoms with Gasteiger partial charge in [0.25, 0.3) is 11.8 Å². The fourth-order valence-electron chi connectivity index (χ4n) is 3.05. The van der Waals surface area contributed by atoms with Crippen molar-refractivity contribution in [1.29, 1.82) is 0 Å². The number of anilines is 1. The lowest BCUT2D eigenvalue weighted by Gasteiger charge is -2.19. The molecule has 1 heterocycles. The Morgan fingerprint density at radius 1 is 1.04 bits per heavy atom. The van der Waals surface area contributed by atoms with Crippen molar-refractivity contribution in [2.45, 2.75) is 18.8 Å². The second kappa shape index (κ2) is 8.33. The molecule has 3 amide bonds. The van der Waals surface area contributed by atoms with Crippen molar-refractivity contribution in [2.75, 3.05) is 25.0 Å². The summed E-state index contributed by atoms with van der Waals surface area (Å²) in [7, 11) is 0. The quantitative estimate of drug-likeness (QED) is 0.810. The molecule has 0 aliphatic carbocycles. The van der Waals surface area contributed by atoms with E-state index in [0.29, 0.717) is 18.7 Å². The van der Waals surface area contributed by atoms with Crippen LogP contribution in [0.1, 0.15) is 28.8 Å². The minimum atomic E-state index is -3.44. The average molecular weight is 391 g/mol. The maximum absolute atomic E-state index is 14.2. The lowest BCUT2D eigenvalue weighted by molar-refractivity contribution is -0.000378. The van der Waals surface area contributed by atoms with Crippen LogP contribution in [-0.2, 0) is 5.92 Å². The number of nitrogens with one attached hydrogen (secondary N) is 2. The maximum atomic E-state index is 14.2. The van der Waals surface area contributed by atoms with Crippen molar-refractivity contribution in [3.63, 3.8) is 0 Å². The summed E-state index contributed by atoms with van der Waals surface area (Å²) in [5.74, 6) is -4.43. The molecule has 8 heteroatoms. The summed E-state index contributed by atoms with van der Waals surface area (Å²) in [6, 6.07) is 9.61. The number of para-hydroxylation sites is 1. The second-order valence-electron chi connectivity index (χ2n) is 6.57. The first-order chi connectivity index (χ1) is 13.4. The number of hydrogen-bond acceptors (Lipinski definition) is 2. The number of halogens is 3. The fraction of sp³-hybridized carbons (Fsp3) is 0.300. The first kappa shape index (κ1) is 19.7. The van der Waals surface area contributed by atoms with Crippen molar-refractivity contribution in [3.05, 3.63) is 65.5 Å². The van der Waals surface area contributed by atoms with E-state index in [2.05, 4.69) is 10.6 Å². The van der Waals surface area contributed by atoms with Crippen molar-refractivity contribution in [2.24, 2.45) is 0 Å². The van der Waals surface area contributed by atoms with Crippen LogP contribution in [0.25, 0.3) is 0 Å². The highest BCUT2D eigenvalue weighted by atomic mass is 19.3. The van der Waals surface area contributed by atoms with Gasteiger partial charge in [-0.2, -0.15) is 8.78 Å². The molecule has 1 aliphatic heterocycles. The van der Waals surface area contributed by atoms with Gasteiger partial charge in [-0.15, -0.1) is 0 Å². The van der Waals surface area contributed by atoms with E-state index in [1.807, 2.05) is 0 Å². The van der Waals surface area contributed by atoms with Crippen LogP contribution in [0.5, 0.6) is 0 Å². The van der Waals surface area contributed by atoms with Gasteiger partial charge in [0, 0.05) is 18.7 Å². The molecule has 0 radical (unpaired) electrons. The Balaban J connectivity index is 1.64. The van der Waals surface area contributed by atoms with E-state index in [0.717, 1.165) is 31.0 Å². The Morgan fingerprint density at radius 3 is 2.46 bits per heavy atom. The van der Waals surface area contributed by atoms with E-state index in [4.69, 9.17) is 0 Å². The highest BCUT2D eigenvalue weighted by Gasteiger charge is 2.32. The highest BCUT2D eigenvalue weighted by molar-refractivity contribution is 6.03. The van der Waals surface area contributed by atoms with Gasteiger partial charge in [-0.05, 0) is 37.1 Å². The summed E-state index contributed by atoms with van der Waals surface area (Å²) >= 11 is 0. The minimum absolute atomic E-state index is 0.210. The van der Waals surface area contributed by atoms with Gasteiger partial charge in [0.05, 0.1) is 17.8 Å². The molecular weight excluding hydrogens is 371 g/mol. The summed E-state index contributed by atoms with van der Waals surface area (Å²) in [5, 5.41) is 4.52. The van der Waals surface area contributed by atoms with E-state index in [9.17, 15) is 22.8 Å². The molecule has 0 spiro atoms. The molecule has 1 aliphatic rings. The van der Waals surface area contributed by atoms with Gasteiger partial charge in [-0.25, -0.2) is 9.18 Å². The largest absolute Gasteiger partial charge is 0.339 e. The molecule has 2 N–H and O–H groups in total. The lowest BCUT2D eigenvalue weighted by atomic mass is 10.1. The zero-order chi connectivity index (χ0) is 20.1. The summed E-state index contributed by atoms with van der Waals surface area (Å²) in [6.45, 7) is 0.295. The van der Waals surface area contributed by atoms with Crippen LogP contribution in [0.3, 0.4) is 0 Å². The number of likely N-dealkylation sites (tertiary alicyclic amines) is 1. The van der Waals surface area contributed by atoms with Crippen molar-refractivity contribution in [1.82, 2.24) is 10.2 Å². The molecule has 2 aromatic rings. The molecule has 28 heavy (non-hydrogen) atoms. The van der Waals surface area contributed by atoms with Crippen molar-refractivity contribution in [3.8, 4) is 0 Å². The Labute approximate surface area is 160 Å². The first-order valence-electron chi connectivity index (χ1n) is 8.94. The van der Waals surface area contributed by atoms with Gasteiger partial charge in [0.1, 0.15) is 5.82 Å². The molecular formula is C20H20F3N3O2. The Bertz CT molecular complexity index is 867. The monoisotopic (exact) mass is 391 g/mol. The molecule has 2 aromatic carbocycles. The topological polar surface area (TPSA) is 61.4 Å². The van der Waals surface area contributed by atoms with Gasteiger partial charge in [-0.1, -0.05) is 24.3 Å². The zero-order valence-corrected chi connectivity index (χ0v) is 15.1. The Morgan fingerprint density at radius 2 is 1.75 bits per heavy atom. The third kappa shape index (κ3) is 4.62. The summed E-state index contributed by atoms with van der Waals surface area (Å²) in [6.07, 6.45) is 1.86. The molecule has 0 unspecified atom stereocenters. The molecule has 0 bridgehead atoms. The number of rotatable bonds is 5. The normalized spacial score (nSPS) is 14.0. The molecule has 5 nitrogen and oxygen atoms in total. The van der Waals surface area contributed by atoms with Crippen LogP contribution < -0.4 is 10.6 Å². The fourth-order valence-corrected chi connectivity index (χ4v) is 3.05. The molecule has 3 rings (SSSR count). The van der Waals surface area contributed by atoms with Crippen LogP contribution >= 0.6 is 0 Å². The third-order valence-corrected chi connectivity index (χ3v) is 4.52. The van der Waals surface area contributed by atoms with Crippen molar-refractivity contribution < 1.29 is 22.8 Å². The van der Waals surface area contributed by atoms with Crippen LogP contribution in [0.2, 0.25) is 0 Å². The average Bonchev–Trinajstić information content (AvgIpc) is 3.21. The number of hydrogen-bond donors (Lipinski definition) is 2. The third-order valence-electron chi connectivity index (χ3n) is 4.52. The number of carbonyl (C=O) groups is 2. The van der Waals surface area contributed by atoms with Crippen molar-refractivity contribution >= 4 is 17.6 Å². The molecule has 148 valence electrons. The number of carbonyl (C=O) groups excluding carboxylic acids is 2. The van der Waals surface area contributed by atoms with Crippen LogP contribution in [0.15, 0.2) is 48.5 Å².